The number of amides is 1. The maximum absolute atomic E-state index is 12.6. The molecule has 0 unspecified atom stereocenters. The van der Waals surface area contributed by atoms with Crippen molar-refractivity contribution >= 4 is 23.5 Å². The van der Waals surface area contributed by atoms with Crippen LogP contribution >= 0.6 is 11.8 Å². The van der Waals surface area contributed by atoms with Crippen molar-refractivity contribution in [2.45, 2.75) is 30.8 Å². The van der Waals surface area contributed by atoms with Gasteiger partial charge >= 0.3 is 0 Å². The molecule has 2 aromatic rings. The molecule has 0 saturated carbocycles. The second kappa shape index (κ2) is 8.11. The Kier molecular flexibility index (Phi) is 5.64. The van der Waals surface area contributed by atoms with E-state index in [2.05, 4.69) is 28.1 Å². The third kappa shape index (κ3) is 3.92. The summed E-state index contributed by atoms with van der Waals surface area (Å²) in [5.41, 5.74) is 1.13. The van der Waals surface area contributed by atoms with Crippen LogP contribution in [0.5, 0.6) is 5.75 Å². The highest BCUT2D eigenvalue weighted by Crippen LogP contribution is 2.35. The van der Waals surface area contributed by atoms with Crippen molar-refractivity contribution in [2.24, 2.45) is 0 Å². The maximum atomic E-state index is 12.6. The number of H-pyrrole nitrogens is 1. The van der Waals surface area contributed by atoms with Gasteiger partial charge in [-0.15, -0.1) is 6.42 Å². The minimum absolute atomic E-state index is 0.153. The number of aromatic nitrogens is 2. The van der Waals surface area contributed by atoms with Gasteiger partial charge < -0.3 is 15.0 Å². The van der Waals surface area contributed by atoms with E-state index in [-0.39, 0.29) is 30.4 Å². The zero-order valence-corrected chi connectivity index (χ0v) is 15.2. The van der Waals surface area contributed by atoms with Gasteiger partial charge in [0.2, 0.25) is 5.91 Å². The van der Waals surface area contributed by atoms with Crippen LogP contribution < -0.4 is 15.6 Å². The number of fused-ring (bicyclic) bond motifs is 1. The average Bonchev–Trinajstić information content (AvgIpc) is 2.64. The largest absolute Gasteiger partial charge is 0.481 e. The number of carbonyl (C=O) groups is 1. The SMILES string of the molecule is C#CCOc1ccc([C@H]2CC(=O)Nc3nc(SCCC)[nH]c(=O)c32)cc1. The Hall–Kier alpha value is -2.72. The highest BCUT2D eigenvalue weighted by atomic mass is 32.2. The van der Waals surface area contributed by atoms with Crippen molar-refractivity contribution in [3.63, 3.8) is 0 Å². The number of ether oxygens (including phenoxy) is 1. The second-order valence-corrected chi connectivity index (χ2v) is 6.93. The summed E-state index contributed by atoms with van der Waals surface area (Å²) in [5.74, 6) is 3.75. The molecule has 0 saturated heterocycles. The van der Waals surface area contributed by atoms with E-state index >= 15 is 0 Å². The van der Waals surface area contributed by atoms with Crippen LogP contribution in [0.15, 0.2) is 34.2 Å². The van der Waals surface area contributed by atoms with Crippen LogP contribution in [0.4, 0.5) is 5.82 Å². The van der Waals surface area contributed by atoms with E-state index in [1.54, 1.807) is 12.1 Å². The molecule has 134 valence electrons. The first-order valence-corrected chi connectivity index (χ1v) is 9.34. The van der Waals surface area contributed by atoms with Gasteiger partial charge in [0, 0.05) is 18.1 Å². The molecule has 0 aliphatic carbocycles. The number of thioether (sulfide) groups is 1. The van der Waals surface area contributed by atoms with Crippen LogP contribution in [0.3, 0.4) is 0 Å². The molecule has 7 heteroatoms. The first-order chi connectivity index (χ1) is 12.6. The van der Waals surface area contributed by atoms with E-state index in [9.17, 15) is 9.59 Å². The van der Waals surface area contributed by atoms with Gasteiger partial charge in [0.05, 0.1) is 5.56 Å². The molecule has 3 rings (SSSR count). The quantitative estimate of drug-likeness (QED) is 0.465. The summed E-state index contributed by atoms with van der Waals surface area (Å²) in [6.45, 7) is 2.24. The molecule has 2 N–H and O–H groups in total. The summed E-state index contributed by atoms with van der Waals surface area (Å²) in [6.07, 6.45) is 6.35. The van der Waals surface area contributed by atoms with Crippen molar-refractivity contribution in [3.8, 4) is 18.1 Å². The monoisotopic (exact) mass is 369 g/mol. The number of carbonyl (C=O) groups excluding carboxylic acids is 1. The van der Waals surface area contributed by atoms with Gasteiger partial charge in [0.1, 0.15) is 18.2 Å². The molecule has 1 atom stereocenters. The predicted molar refractivity (Wildman–Crippen MR) is 102 cm³/mol. The molecule has 1 aliphatic rings. The van der Waals surface area contributed by atoms with Gasteiger partial charge in [-0.2, -0.15) is 0 Å². The summed E-state index contributed by atoms with van der Waals surface area (Å²) in [7, 11) is 0. The predicted octanol–water partition coefficient (Wildman–Crippen LogP) is 2.76. The third-order valence-corrected chi connectivity index (χ3v) is 5.06. The van der Waals surface area contributed by atoms with E-state index in [4.69, 9.17) is 11.2 Å². The van der Waals surface area contributed by atoms with Crippen LogP contribution in [0.1, 0.15) is 36.8 Å². The molecule has 0 fully saturated rings. The Morgan fingerprint density at radius 1 is 1.35 bits per heavy atom. The fraction of sp³-hybridized carbons (Fsp3) is 0.316. The van der Waals surface area contributed by atoms with E-state index in [1.807, 2.05) is 12.1 Å². The van der Waals surface area contributed by atoms with E-state index in [1.165, 1.54) is 11.8 Å². The van der Waals surface area contributed by atoms with Gasteiger partial charge in [-0.3, -0.25) is 9.59 Å². The summed E-state index contributed by atoms with van der Waals surface area (Å²) < 4.78 is 5.37. The Bertz CT molecular complexity index is 900. The standard InChI is InChI=1S/C19H19N3O3S/c1-3-9-25-13-7-5-12(6-8-13)14-11-15(23)20-17-16(14)18(24)22-19(21-17)26-10-4-2/h1,5-8,14H,4,9-11H2,2H3,(H2,20,21,22,23,24)/t14-/m1/s1. The topological polar surface area (TPSA) is 84.1 Å². The van der Waals surface area contributed by atoms with E-state index in [0.717, 1.165) is 17.7 Å². The zero-order valence-electron chi connectivity index (χ0n) is 14.4. The third-order valence-electron chi connectivity index (χ3n) is 3.98. The number of anilines is 1. The molecule has 2 heterocycles. The first kappa shape index (κ1) is 18.1. The number of benzene rings is 1. The van der Waals surface area contributed by atoms with E-state index in [0.29, 0.717) is 22.3 Å². The Morgan fingerprint density at radius 3 is 2.81 bits per heavy atom. The summed E-state index contributed by atoms with van der Waals surface area (Å²) >= 11 is 1.46. The first-order valence-electron chi connectivity index (χ1n) is 8.35. The van der Waals surface area contributed by atoms with Crippen molar-refractivity contribution < 1.29 is 9.53 Å². The number of aromatic amines is 1. The normalized spacial score (nSPS) is 15.7. The molecular weight excluding hydrogens is 350 g/mol. The average molecular weight is 369 g/mol. The molecule has 0 bridgehead atoms. The number of nitrogens with zero attached hydrogens (tertiary/aromatic N) is 1. The maximum Gasteiger partial charge on any atom is 0.257 e. The molecule has 0 radical (unpaired) electrons. The lowest BCUT2D eigenvalue weighted by atomic mass is 9.87. The highest BCUT2D eigenvalue weighted by Gasteiger charge is 2.30. The lowest BCUT2D eigenvalue weighted by molar-refractivity contribution is -0.116. The number of nitrogens with one attached hydrogen (secondary N) is 2. The van der Waals surface area contributed by atoms with Crippen molar-refractivity contribution in [3.05, 3.63) is 45.7 Å². The summed E-state index contributed by atoms with van der Waals surface area (Å²) in [6, 6.07) is 7.26. The Morgan fingerprint density at radius 2 is 2.12 bits per heavy atom. The molecule has 26 heavy (non-hydrogen) atoms. The van der Waals surface area contributed by atoms with Crippen LogP contribution in [0.25, 0.3) is 0 Å². The molecule has 1 aromatic heterocycles. The second-order valence-electron chi connectivity index (χ2n) is 5.85. The molecular formula is C19H19N3O3S. The van der Waals surface area contributed by atoms with Crippen LogP contribution in [0.2, 0.25) is 0 Å². The molecule has 0 spiro atoms. The lowest BCUT2D eigenvalue weighted by Gasteiger charge is -2.24. The Balaban J connectivity index is 1.94. The molecule has 1 aliphatic heterocycles. The Labute approximate surface area is 155 Å². The fourth-order valence-electron chi connectivity index (χ4n) is 2.82. The van der Waals surface area contributed by atoms with E-state index < -0.39 is 0 Å². The van der Waals surface area contributed by atoms with Gasteiger partial charge in [-0.05, 0) is 24.1 Å². The molecule has 6 nitrogen and oxygen atoms in total. The van der Waals surface area contributed by atoms with Crippen molar-refractivity contribution in [1.29, 1.82) is 0 Å². The summed E-state index contributed by atoms with van der Waals surface area (Å²) in [4.78, 5) is 32.0. The number of terminal acetylenes is 1. The molecule has 1 amide bonds. The number of rotatable bonds is 6. The van der Waals surface area contributed by atoms with Crippen LogP contribution in [0, 0.1) is 12.3 Å². The van der Waals surface area contributed by atoms with Gasteiger partial charge in [0.15, 0.2) is 5.16 Å². The minimum atomic E-state index is -0.345. The van der Waals surface area contributed by atoms with Crippen molar-refractivity contribution in [2.75, 3.05) is 17.7 Å². The number of hydrogen-bond acceptors (Lipinski definition) is 5. The van der Waals surface area contributed by atoms with Gasteiger partial charge in [-0.1, -0.05) is 36.7 Å². The minimum Gasteiger partial charge on any atom is -0.481 e. The highest BCUT2D eigenvalue weighted by molar-refractivity contribution is 7.99. The fourth-order valence-corrected chi connectivity index (χ4v) is 3.54. The van der Waals surface area contributed by atoms with Gasteiger partial charge in [-0.25, -0.2) is 4.98 Å². The van der Waals surface area contributed by atoms with Crippen molar-refractivity contribution in [1.82, 2.24) is 9.97 Å². The van der Waals surface area contributed by atoms with Gasteiger partial charge in [0.25, 0.3) is 5.56 Å². The number of hydrogen-bond donors (Lipinski definition) is 2. The summed E-state index contributed by atoms with van der Waals surface area (Å²) in [5, 5.41) is 3.25. The smallest absolute Gasteiger partial charge is 0.257 e. The molecule has 1 aromatic carbocycles. The zero-order chi connectivity index (χ0) is 18.5. The lowest BCUT2D eigenvalue weighted by Crippen LogP contribution is -2.31. The van der Waals surface area contributed by atoms with Crippen LogP contribution in [-0.2, 0) is 4.79 Å². The van der Waals surface area contributed by atoms with Crippen LogP contribution in [-0.4, -0.2) is 28.2 Å².